The van der Waals surface area contributed by atoms with Crippen LogP contribution in [0.25, 0.3) is 0 Å². The van der Waals surface area contributed by atoms with Gasteiger partial charge in [0.05, 0.1) is 17.4 Å². The Morgan fingerprint density at radius 1 is 1.44 bits per heavy atom. The van der Waals surface area contributed by atoms with Crippen molar-refractivity contribution in [3.8, 4) is 0 Å². The minimum atomic E-state index is -0.479. The van der Waals surface area contributed by atoms with Crippen LogP contribution in [0.3, 0.4) is 0 Å². The van der Waals surface area contributed by atoms with E-state index in [1.165, 1.54) is 0 Å². The van der Waals surface area contributed by atoms with Crippen molar-refractivity contribution in [3.63, 3.8) is 0 Å². The quantitative estimate of drug-likeness (QED) is 0.775. The average Bonchev–Trinajstić information content (AvgIpc) is 2.30. The molecule has 0 spiro atoms. The minimum Gasteiger partial charge on any atom is -0.397 e. The number of nitrogens with two attached hydrogens (primary N) is 2. The van der Waals surface area contributed by atoms with E-state index in [-0.39, 0.29) is 0 Å². The molecule has 6 heteroatoms. The molecule has 0 aromatic carbocycles. The van der Waals surface area contributed by atoms with Gasteiger partial charge in [-0.2, -0.15) is 11.8 Å². The maximum Gasteiger partial charge on any atom is 0.252 e. The molecule has 2 heterocycles. The van der Waals surface area contributed by atoms with Crippen LogP contribution >= 0.6 is 11.8 Å². The first kappa shape index (κ1) is 11.1. The third-order valence-corrected chi connectivity index (χ3v) is 3.41. The van der Waals surface area contributed by atoms with E-state index in [1.807, 2.05) is 11.8 Å². The molecular formula is C10H14N4OS. The van der Waals surface area contributed by atoms with Crippen LogP contribution in [0.1, 0.15) is 10.4 Å². The summed E-state index contributed by atoms with van der Waals surface area (Å²) in [4.78, 5) is 17.6. The molecule has 0 atom stereocenters. The van der Waals surface area contributed by atoms with Crippen molar-refractivity contribution in [2.75, 3.05) is 35.2 Å². The Morgan fingerprint density at radius 2 is 2.12 bits per heavy atom. The molecular weight excluding hydrogens is 224 g/mol. The van der Waals surface area contributed by atoms with E-state index < -0.39 is 5.91 Å². The van der Waals surface area contributed by atoms with Gasteiger partial charge in [0, 0.05) is 24.6 Å². The zero-order valence-electron chi connectivity index (χ0n) is 8.85. The molecule has 2 rings (SSSR count). The summed E-state index contributed by atoms with van der Waals surface area (Å²) in [6, 6.07) is 1.59. The van der Waals surface area contributed by atoms with Gasteiger partial charge >= 0.3 is 0 Å². The molecule has 0 bridgehead atoms. The Kier molecular flexibility index (Phi) is 3.19. The number of carbonyl (C=O) groups is 1. The normalized spacial score (nSPS) is 16.1. The number of amides is 1. The van der Waals surface area contributed by atoms with E-state index >= 15 is 0 Å². The lowest BCUT2D eigenvalue weighted by molar-refractivity contribution is 0.100. The zero-order chi connectivity index (χ0) is 11.5. The van der Waals surface area contributed by atoms with Crippen LogP contribution in [0.4, 0.5) is 11.5 Å². The van der Waals surface area contributed by atoms with Crippen LogP contribution < -0.4 is 16.4 Å². The SMILES string of the molecule is NC(=O)c1cc(N)cnc1N1CCSCC1. The van der Waals surface area contributed by atoms with Crippen LogP contribution in [0, 0.1) is 0 Å². The highest BCUT2D eigenvalue weighted by Gasteiger charge is 2.18. The predicted octanol–water partition coefficient (Wildman–Crippen LogP) is 0.316. The van der Waals surface area contributed by atoms with Gasteiger partial charge in [0.2, 0.25) is 0 Å². The lowest BCUT2D eigenvalue weighted by Crippen LogP contribution is -2.35. The molecule has 5 nitrogen and oxygen atoms in total. The summed E-state index contributed by atoms with van der Waals surface area (Å²) < 4.78 is 0. The van der Waals surface area contributed by atoms with Gasteiger partial charge in [0.15, 0.2) is 0 Å². The number of thioether (sulfide) groups is 1. The first-order chi connectivity index (χ1) is 7.68. The molecule has 1 aliphatic heterocycles. The molecule has 0 aliphatic carbocycles. The third kappa shape index (κ3) is 2.21. The second-order valence-electron chi connectivity index (χ2n) is 3.60. The number of pyridine rings is 1. The molecule has 1 aromatic heterocycles. The molecule has 1 aromatic rings. The van der Waals surface area contributed by atoms with E-state index in [0.29, 0.717) is 17.1 Å². The van der Waals surface area contributed by atoms with E-state index in [9.17, 15) is 4.79 Å². The van der Waals surface area contributed by atoms with Crippen molar-refractivity contribution < 1.29 is 4.79 Å². The zero-order valence-corrected chi connectivity index (χ0v) is 9.67. The molecule has 4 N–H and O–H groups in total. The van der Waals surface area contributed by atoms with E-state index in [4.69, 9.17) is 11.5 Å². The molecule has 1 aliphatic rings. The Labute approximate surface area is 98.2 Å². The highest BCUT2D eigenvalue weighted by atomic mass is 32.2. The highest BCUT2D eigenvalue weighted by Crippen LogP contribution is 2.22. The Morgan fingerprint density at radius 3 is 2.75 bits per heavy atom. The lowest BCUT2D eigenvalue weighted by Gasteiger charge is -2.28. The van der Waals surface area contributed by atoms with E-state index in [1.54, 1.807) is 12.3 Å². The number of anilines is 2. The number of carbonyl (C=O) groups excluding carboxylic acids is 1. The molecule has 1 fully saturated rings. The summed E-state index contributed by atoms with van der Waals surface area (Å²) in [5.74, 6) is 2.27. The second-order valence-corrected chi connectivity index (χ2v) is 4.83. The average molecular weight is 238 g/mol. The fraction of sp³-hybridized carbons (Fsp3) is 0.400. The number of aromatic nitrogens is 1. The summed E-state index contributed by atoms with van der Waals surface area (Å²) in [6.07, 6.45) is 1.56. The Bertz CT molecular complexity index is 404. The maximum absolute atomic E-state index is 11.3. The van der Waals surface area contributed by atoms with Gasteiger partial charge in [-0.3, -0.25) is 4.79 Å². The molecule has 1 saturated heterocycles. The van der Waals surface area contributed by atoms with Crippen LogP contribution in [-0.4, -0.2) is 35.5 Å². The van der Waals surface area contributed by atoms with Crippen molar-refractivity contribution in [1.82, 2.24) is 4.98 Å². The van der Waals surface area contributed by atoms with Crippen molar-refractivity contribution in [1.29, 1.82) is 0 Å². The van der Waals surface area contributed by atoms with Crippen LogP contribution in [0.15, 0.2) is 12.3 Å². The monoisotopic (exact) mass is 238 g/mol. The first-order valence-corrected chi connectivity index (χ1v) is 6.22. The minimum absolute atomic E-state index is 0.409. The van der Waals surface area contributed by atoms with Gasteiger partial charge in [0.1, 0.15) is 5.82 Å². The molecule has 0 radical (unpaired) electrons. The first-order valence-electron chi connectivity index (χ1n) is 5.06. The Balaban J connectivity index is 2.34. The number of primary amides is 1. The Hall–Kier alpha value is -1.43. The fourth-order valence-electron chi connectivity index (χ4n) is 1.68. The topological polar surface area (TPSA) is 85.2 Å². The summed E-state index contributed by atoms with van der Waals surface area (Å²) in [7, 11) is 0. The van der Waals surface area contributed by atoms with Gasteiger partial charge in [0.25, 0.3) is 5.91 Å². The van der Waals surface area contributed by atoms with Crippen LogP contribution in [-0.2, 0) is 0 Å². The van der Waals surface area contributed by atoms with Crippen molar-refractivity contribution in [3.05, 3.63) is 17.8 Å². The van der Waals surface area contributed by atoms with Gasteiger partial charge < -0.3 is 16.4 Å². The number of hydrogen-bond acceptors (Lipinski definition) is 5. The third-order valence-electron chi connectivity index (χ3n) is 2.46. The van der Waals surface area contributed by atoms with Gasteiger partial charge in [-0.15, -0.1) is 0 Å². The van der Waals surface area contributed by atoms with E-state index in [2.05, 4.69) is 9.88 Å². The number of rotatable bonds is 2. The molecule has 0 saturated carbocycles. The molecule has 0 unspecified atom stereocenters. The predicted molar refractivity (Wildman–Crippen MR) is 66.7 cm³/mol. The van der Waals surface area contributed by atoms with Gasteiger partial charge in [-0.05, 0) is 6.07 Å². The summed E-state index contributed by atoms with van der Waals surface area (Å²) in [6.45, 7) is 1.78. The largest absolute Gasteiger partial charge is 0.397 e. The summed E-state index contributed by atoms with van der Waals surface area (Å²) in [5, 5.41) is 0. The molecule has 1 amide bonds. The standard InChI is InChI=1S/C10H14N4OS/c11-7-5-8(9(12)15)10(13-6-7)14-1-3-16-4-2-14/h5-6H,1-4,11H2,(H2,12,15). The summed E-state index contributed by atoms with van der Waals surface area (Å²) >= 11 is 1.90. The van der Waals surface area contributed by atoms with Crippen molar-refractivity contribution in [2.45, 2.75) is 0 Å². The van der Waals surface area contributed by atoms with Gasteiger partial charge in [-0.25, -0.2) is 4.98 Å². The van der Waals surface area contributed by atoms with Crippen LogP contribution in [0.2, 0.25) is 0 Å². The van der Waals surface area contributed by atoms with Crippen molar-refractivity contribution >= 4 is 29.2 Å². The van der Waals surface area contributed by atoms with Gasteiger partial charge in [-0.1, -0.05) is 0 Å². The van der Waals surface area contributed by atoms with Crippen LogP contribution in [0.5, 0.6) is 0 Å². The van der Waals surface area contributed by atoms with E-state index in [0.717, 1.165) is 24.6 Å². The molecule has 16 heavy (non-hydrogen) atoms. The lowest BCUT2D eigenvalue weighted by atomic mass is 10.2. The maximum atomic E-state index is 11.3. The second kappa shape index (κ2) is 4.61. The number of nitrogen functional groups attached to an aromatic ring is 1. The molecule has 86 valence electrons. The van der Waals surface area contributed by atoms with Crippen molar-refractivity contribution in [2.24, 2.45) is 5.73 Å². The highest BCUT2D eigenvalue weighted by molar-refractivity contribution is 7.99. The number of hydrogen-bond donors (Lipinski definition) is 2. The fourth-order valence-corrected chi connectivity index (χ4v) is 2.59. The number of nitrogens with zero attached hydrogens (tertiary/aromatic N) is 2. The smallest absolute Gasteiger partial charge is 0.252 e. The summed E-state index contributed by atoms with van der Waals surface area (Å²) in [5.41, 5.74) is 11.8.